The highest BCUT2D eigenvalue weighted by Crippen LogP contribution is 2.24. The van der Waals surface area contributed by atoms with E-state index in [2.05, 4.69) is 10.3 Å². The summed E-state index contributed by atoms with van der Waals surface area (Å²) in [6.45, 7) is 0.855. The topological polar surface area (TPSA) is 65.2 Å². The van der Waals surface area contributed by atoms with E-state index in [0.717, 1.165) is 29.9 Å². The monoisotopic (exact) mass is 241 g/mol. The molecule has 5 nitrogen and oxygen atoms in total. The number of H-pyrrole nitrogens is 1. The molecule has 88 valence electrons. The van der Waals surface area contributed by atoms with E-state index in [1.54, 1.807) is 10.3 Å². The maximum absolute atomic E-state index is 11.6. The molecule has 0 bridgehead atoms. The lowest BCUT2D eigenvalue weighted by Crippen LogP contribution is -2.36. The maximum atomic E-state index is 11.6. The number of carbonyl (C=O) groups is 1. The molecule has 1 heterocycles. The zero-order valence-electron chi connectivity index (χ0n) is 9.16. The highest BCUT2D eigenvalue weighted by atomic mass is 32.1. The van der Waals surface area contributed by atoms with Crippen LogP contribution in [-0.4, -0.2) is 35.4 Å². The van der Waals surface area contributed by atoms with E-state index in [1.165, 1.54) is 0 Å². The summed E-state index contributed by atoms with van der Waals surface area (Å²) < 4.78 is 0. The van der Waals surface area contributed by atoms with Gasteiger partial charge < -0.3 is 15.2 Å². The Hall–Kier alpha value is -1.14. The van der Waals surface area contributed by atoms with Crippen molar-refractivity contribution < 1.29 is 4.79 Å². The van der Waals surface area contributed by atoms with E-state index < -0.39 is 0 Å². The van der Waals surface area contributed by atoms with Gasteiger partial charge in [0.15, 0.2) is 0 Å². The van der Waals surface area contributed by atoms with Crippen molar-refractivity contribution in [1.82, 2.24) is 15.2 Å². The fourth-order valence-electron chi connectivity index (χ4n) is 1.49. The number of nitrogens with zero attached hydrogens (tertiary/aromatic N) is 1. The molecule has 1 fully saturated rings. The Kier molecular flexibility index (Phi) is 3.40. The van der Waals surface area contributed by atoms with Crippen molar-refractivity contribution in [3.63, 3.8) is 0 Å². The number of likely N-dealkylation sites (N-methyl/N-ethyl adjacent to an activating group) is 1. The van der Waals surface area contributed by atoms with Gasteiger partial charge in [-0.2, -0.15) is 0 Å². The van der Waals surface area contributed by atoms with E-state index in [9.17, 15) is 9.59 Å². The Balaban J connectivity index is 1.71. The zero-order valence-corrected chi connectivity index (χ0v) is 9.97. The van der Waals surface area contributed by atoms with Crippen LogP contribution in [0.3, 0.4) is 0 Å². The standard InChI is InChI=1S/C10H15N3O2S/c1-13(8-2-3-8)9(14)5-11-4-7-6-16-10(15)12-7/h6,8,11H,2-5H2,1H3,(H,12,15). The largest absolute Gasteiger partial charge is 0.342 e. The second kappa shape index (κ2) is 4.80. The number of amides is 1. The predicted octanol–water partition coefficient (Wildman–Crippen LogP) is 0.147. The molecule has 0 radical (unpaired) electrons. The minimum atomic E-state index is -0.0572. The number of nitrogens with one attached hydrogen (secondary N) is 2. The number of aromatic amines is 1. The van der Waals surface area contributed by atoms with Crippen LogP contribution in [0.5, 0.6) is 0 Å². The number of hydrogen-bond donors (Lipinski definition) is 2. The van der Waals surface area contributed by atoms with Crippen LogP contribution in [0.2, 0.25) is 0 Å². The Morgan fingerprint density at radius 3 is 3.00 bits per heavy atom. The number of hydrogen-bond acceptors (Lipinski definition) is 4. The summed E-state index contributed by atoms with van der Waals surface area (Å²) in [4.78, 5) is 26.9. The molecule has 0 aliphatic heterocycles. The van der Waals surface area contributed by atoms with E-state index >= 15 is 0 Å². The van der Waals surface area contributed by atoms with Gasteiger partial charge >= 0.3 is 4.87 Å². The predicted molar refractivity (Wildman–Crippen MR) is 62.4 cm³/mol. The van der Waals surface area contributed by atoms with Gasteiger partial charge in [-0.1, -0.05) is 11.3 Å². The van der Waals surface area contributed by atoms with Crippen molar-refractivity contribution in [2.45, 2.75) is 25.4 Å². The molecule has 1 aliphatic carbocycles. The Labute approximate surface area is 97.5 Å². The van der Waals surface area contributed by atoms with Crippen LogP contribution in [0.1, 0.15) is 18.5 Å². The lowest BCUT2D eigenvalue weighted by molar-refractivity contribution is -0.129. The second-order valence-electron chi connectivity index (χ2n) is 4.01. The average molecular weight is 241 g/mol. The molecule has 16 heavy (non-hydrogen) atoms. The molecule has 0 spiro atoms. The number of carbonyl (C=O) groups excluding carboxylic acids is 1. The van der Waals surface area contributed by atoms with Crippen molar-refractivity contribution in [2.75, 3.05) is 13.6 Å². The minimum absolute atomic E-state index is 0.0572. The molecule has 0 unspecified atom stereocenters. The van der Waals surface area contributed by atoms with Gasteiger partial charge in [-0.3, -0.25) is 9.59 Å². The lowest BCUT2D eigenvalue weighted by atomic mass is 10.4. The van der Waals surface area contributed by atoms with E-state index in [-0.39, 0.29) is 10.8 Å². The first-order valence-electron chi connectivity index (χ1n) is 5.30. The van der Waals surface area contributed by atoms with Crippen LogP contribution < -0.4 is 10.2 Å². The van der Waals surface area contributed by atoms with Crippen molar-refractivity contribution in [1.29, 1.82) is 0 Å². The van der Waals surface area contributed by atoms with Gasteiger partial charge in [-0.05, 0) is 12.8 Å². The summed E-state index contributed by atoms with van der Waals surface area (Å²) in [6, 6.07) is 0.454. The molecule has 2 rings (SSSR count). The Bertz CT molecular complexity index is 422. The van der Waals surface area contributed by atoms with Crippen molar-refractivity contribution in [3.05, 3.63) is 20.7 Å². The first-order chi connectivity index (χ1) is 7.66. The summed E-state index contributed by atoms with van der Waals surface area (Å²) in [5.74, 6) is 0.111. The fraction of sp³-hybridized carbons (Fsp3) is 0.600. The van der Waals surface area contributed by atoms with Gasteiger partial charge in [0.25, 0.3) is 0 Å². The molecule has 0 saturated heterocycles. The Morgan fingerprint density at radius 1 is 1.69 bits per heavy atom. The summed E-state index contributed by atoms with van der Waals surface area (Å²) >= 11 is 1.14. The van der Waals surface area contributed by atoms with Crippen LogP contribution in [0.25, 0.3) is 0 Å². The molecule has 1 aromatic rings. The average Bonchev–Trinajstić information content (AvgIpc) is 3.02. The highest BCUT2D eigenvalue weighted by molar-refractivity contribution is 7.07. The summed E-state index contributed by atoms with van der Waals surface area (Å²) in [6.07, 6.45) is 2.25. The molecular weight excluding hydrogens is 226 g/mol. The van der Waals surface area contributed by atoms with Crippen LogP contribution in [0, 0.1) is 0 Å². The summed E-state index contributed by atoms with van der Waals surface area (Å²) in [5, 5.41) is 4.79. The van der Waals surface area contributed by atoms with Crippen LogP contribution in [0.4, 0.5) is 0 Å². The first-order valence-corrected chi connectivity index (χ1v) is 6.18. The third-order valence-electron chi connectivity index (χ3n) is 2.65. The smallest absolute Gasteiger partial charge is 0.304 e. The van der Waals surface area contributed by atoms with Gasteiger partial charge in [0, 0.05) is 30.7 Å². The fourth-order valence-corrected chi connectivity index (χ4v) is 2.08. The van der Waals surface area contributed by atoms with Crippen LogP contribution in [-0.2, 0) is 11.3 Å². The van der Waals surface area contributed by atoms with Gasteiger partial charge in [-0.25, -0.2) is 0 Å². The van der Waals surface area contributed by atoms with Crippen molar-refractivity contribution >= 4 is 17.2 Å². The molecule has 1 amide bonds. The summed E-state index contributed by atoms with van der Waals surface area (Å²) in [7, 11) is 1.84. The maximum Gasteiger partial charge on any atom is 0.304 e. The minimum Gasteiger partial charge on any atom is -0.342 e. The van der Waals surface area contributed by atoms with E-state index in [0.29, 0.717) is 19.1 Å². The SMILES string of the molecule is CN(C(=O)CNCc1csc(=O)[nH]1)C1CC1. The van der Waals surface area contributed by atoms with Gasteiger partial charge in [0.2, 0.25) is 5.91 Å². The molecule has 0 atom stereocenters. The van der Waals surface area contributed by atoms with Crippen molar-refractivity contribution in [2.24, 2.45) is 0 Å². The van der Waals surface area contributed by atoms with Gasteiger partial charge in [0.1, 0.15) is 0 Å². The molecule has 2 N–H and O–H groups in total. The molecule has 6 heteroatoms. The molecule has 1 saturated carbocycles. The third kappa shape index (κ3) is 2.93. The zero-order chi connectivity index (χ0) is 11.5. The number of aromatic nitrogens is 1. The van der Waals surface area contributed by atoms with E-state index in [4.69, 9.17) is 0 Å². The van der Waals surface area contributed by atoms with Crippen LogP contribution >= 0.6 is 11.3 Å². The van der Waals surface area contributed by atoms with Crippen LogP contribution in [0.15, 0.2) is 10.2 Å². The second-order valence-corrected chi connectivity index (χ2v) is 4.85. The third-order valence-corrected chi connectivity index (χ3v) is 3.37. The molecule has 0 aromatic carbocycles. The lowest BCUT2D eigenvalue weighted by Gasteiger charge is -2.16. The van der Waals surface area contributed by atoms with Crippen molar-refractivity contribution in [3.8, 4) is 0 Å². The normalized spacial score (nSPS) is 15.1. The molecule has 1 aliphatic rings. The Morgan fingerprint density at radius 2 is 2.44 bits per heavy atom. The summed E-state index contributed by atoms with van der Waals surface area (Å²) in [5.41, 5.74) is 0.830. The molecular formula is C10H15N3O2S. The number of rotatable bonds is 5. The number of thiazole rings is 1. The van der Waals surface area contributed by atoms with Gasteiger partial charge in [0.05, 0.1) is 6.54 Å². The quantitative estimate of drug-likeness (QED) is 0.771. The molecule has 1 aromatic heterocycles. The van der Waals surface area contributed by atoms with E-state index in [1.807, 2.05) is 7.05 Å². The highest BCUT2D eigenvalue weighted by Gasteiger charge is 2.28. The first kappa shape index (κ1) is 11.3. The van der Waals surface area contributed by atoms with Gasteiger partial charge in [-0.15, -0.1) is 0 Å².